The van der Waals surface area contributed by atoms with Gasteiger partial charge in [0.05, 0.1) is 4.92 Å². The zero-order chi connectivity index (χ0) is 15.2. The summed E-state index contributed by atoms with van der Waals surface area (Å²) in [6.45, 7) is 1.10. The quantitative estimate of drug-likeness (QED) is 0.391. The molecule has 1 fully saturated rings. The van der Waals surface area contributed by atoms with Crippen molar-refractivity contribution in [3.8, 4) is 0 Å². The lowest BCUT2D eigenvalue weighted by molar-refractivity contribution is -0.384. The van der Waals surface area contributed by atoms with E-state index >= 15 is 0 Å². The van der Waals surface area contributed by atoms with Crippen LogP contribution in [0.25, 0.3) is 0 Å². The zero-order valence-corrected chi connectivity index (χ0v) is 11.9. The first-order valence-electron chi connectivity index (χ1n) is 6.40. The van der Waals surface area contributed by atoms with Gasteiger partial charge in [0, 0.05) is 13.1 Å². The number of amides is 1. The summed E-state index contributed by atoms with van der Waals surface area (Å²) >= 11 is 5.58. The van der Waals surface area contributed by atoms with E-state index in [1.165, 1.54) is 0 Å². The van der Waals surface area contributed by atoms with Gasteiger partial charge in [0.1, 0.15) is 6.20 Å². The summed E-state index contributed by atoms with van der Waals surface area (Å²) in [5.74, 6) is -0.0913. The first-order valence-corrected chi connectivity index (χ1v) is 6.78. The largest absolute Gasteiger partial charge is 0.428 e. The number of hydrogen-bond donors (Lipinski definition) is 1. The topological polar surface area (TPSA) is 110 Å². The molecule has 0 unspecified atom stereocenters. The molecule has 2 heterocycles. The maximum Gasteiger partial charge on any atom is 0.411 e. The summed E-state index contributed by atoms with van der Waals surface area (Å²) in [5.41, 5.74) is -0.339. The third-order valence-corrected chi connectivity index (χ3v) is 3.17. The maximum atomic E-state index is 11.7. The highest BCUT2D eigenvalue weighted by Crippen LogP contribution is 2.21. The van der Waals surface area contributed by atoms with Crippen LogP contribution in [0, 0.1) is 10.1 Å². The van der Waals surface area contributed by atoms with Crippen molar-refractivity contribution in [2.24, 2.45) is 0 Å². The highest BCUT2D eigenvalue weighted by molar-refractivity contribution is 6.28. The van der Waals surface area contributed by atoms with Crippen LogP contribution in [-0.4, -0.2) is 45.7 Å². The molecule has 1 aliphatic rings. The van der Waals surface area contributed by atoms with Crippen LogP contribution in [0.4, 0.5) is 16.3 Å². The second-order valence-corrected chi connectivity index (χ2v) is 4.75. The fourth-order valence-electron chi connectivity index (χ4n) is 1.95. The van der Waals surface area contributed by atoms with E-state index in [9.17, 15) is 14.9 Å². The maximum absolute atomic E-state index is 11.7. The van der Waals surface area contributed by atoms with E-state index in [0.29, 0.717) is 13.1 Å². The normalized spacial score (nSPS) is 14.6. The van der Waals surface area contributed by atoms with E-state index in [1.807, 2.05) is 0 Å². The summed E-state index contributed by atoms with van der Waals surface area (Å²) < 4.78 is 5.01. The smallest absolute Gasteiger partial charge is 0.411 e. The molecule has 0 bridgehead atoms. The molecule has 1 aromatic heterocycles. The van der Waals surface area contributed by atoms with Crippen LogP contribution >= 0.6 is 11.6 Å². The van der Waals surface area contributed by atoms with Crippen molar-refractivity contribution in [1.29, 1.82) is 0 Å². The third kappa shape index (κ3) is 4.15. The van der Waals surface area contributed by atoms with E-state index in [-0.39, 0.29) is 23.5 Å². The van der Waals surface area contributed by atoms with Gasteiger partial charge in [0.25, 0.3) is 0 Å². The van der Waals surface area contributed by atoms with Crippen LogP contribution < -0.4 is 5.32 Å². The van der Waals surface area contributed by atoms with Crippen LogP contribution in [0.5, 0.6) is 0 Å². The summed E-state index contributed by atoms with van der Waals surface area (Å²) in [7, 11) is 0. The average Bonchev–Trinajstić information content (AvgIpc) is 2.48. The molecule has 21 heavy (non-hydrogen) atoms. The monoisotopic (exact) mass is 315 g/mol. The second-order valence-electron chi connectivity index (χ2n) is 4.41. The predicted molar refractivity (Wildman–Crippen MR) is 74.1 cm³/mol. The van der Waals surface area contributed by atoms with Gasteiger partial charge in [-0.2, -0.15) is 4.98 Å². The standard InChI is InChI=1S/C11H14ClN5O4/c12-10-13-6-8(17(19)20)9(15-10)14-7-21-11(18)16-4-2-1-3-5-16/h6H,1-5,7H2,(H,13,14,15). The van der Waals surface area contributed by atoms with Crippen molar-refractivity contribution in [2.45, 2.75) is 19.3 Å². The summed E-state index contributed by atoms with van der Waals surface area (Å²) in [6, 6.07) is 0. The Morgan fingerprint density at radius 2 is 2.19 bits per heavy atom. The fourth-order valence-corrected chi connectivity index (χ4v) is 2.08. The number of nitro groups is 1. The lowest BCUT2D eigenvalue weighted by Crippen LogP contribution is -2.36. The van der Waals surface area contributed by atoms with E-state index in [0.717, 1.165) is 25.5 Å². The Balaban J connectivity index is 1.89. The SMILES string of the molecule is O=C(OCNc1nc(Cl)ncc1[N+](=O)[O-])N1CCCCC1. The molecule has 1 N–H and O–H groups in total. The summed E-state index contributed by atoms with van der Waals surface area (Å²) in [4.78, 5) is 30.7. The number of nitrogens with one attached hydrogen (secondary N) is 1. The van der Waals surface area contributed by atoms with Gasteiger partial charge < -0.3 is 15.0 Å². The molecule has 0 spiro atoms. The number of carbonyl (C=O) groups excluding carboxylic acids is 1. The van der Waals surface area contributed by atoms with Gasteiger partial charge in [0.15, 0.2) is 6.73 Å². The predicted octanol–water partition coefficient (Wildman–Crippen LogP) is 2.03. The molecular weight excluding hydrogens is 302 g/mol. The number of carbonyl (C=O) groups is 1. The number of nitrogens with zero attached hydrogens (tertiary/aromatic N) is 4. The highest BCUT2D eigenvalue weighted by Gasteiger charge is 2.19. The van der Waals surface area contributed by atoms with Crippen molar-refractivity contribution in [3.05, 3.63) is 21.6 Å². The number of likely N-dealkylation sites (tertiary alicyclic amines) is 1. The molecular formula is C11H14ClN5O4. The van der Waals surface area contributed by atoms with Crippen LogP contribution in [0.2, 0.25) is 5.28 Å². The van der Waals surface area contributed by atoms with Gasteiger partial charge in [-0.3, -0.25) is 10.1 Å². The number of halogens is 1. The van der Waals surface area contributed by atoms with Crippen LogP contribution in [0.3, 0.4) is 0 Å². The van der Waals surface area contributed by atoms with E-state index in [1.54, 1.807) is 4.90 Å². The van der Waals surface area contributed by atoms with E-state index < -0.39 is 11.0 Å². The number of ether oxygens (including phenoxy) is 1. The molecule has 0 saturated carbocycles. The Kier molecular flexibility index (Phi) is 5.09. The number of aromatic nitrogens is 2. The summed E-state index contributed by atoms with van der Waals surface area (Å²) in [6.07, 6.45) is 3.55. The molecule has 2 rings (SSSR count). The minimum Gasteiger partial charge on any atom is -0.428 e. The first kappa shape index (κ1) is 15.2. The molecule has 1 aliphatic heterocycles. The molecule has 10 heteroatoms. The molecule has 0 aromatic carbocycles. The molecule has 9 nitrogen and oxygen atoms in total. The Morgan fingerprint density at radius 1 is 1.48 bits per heavy atom. The molecule has 114 valence electrons. The Hall–Kier alpha value is -2.16. The van der Waals surface area contributed by atoms with Gasteiger partial charge >= 0.3 is 11.8 Å². The van der Waals surface area contributed by atoms with Crippen LogP contribution in [0.15, 0.2) is 6.20 Å². The molecule has 0 aliphatic carbocycles. The molecule has 1 saturated heterocycles. The number of piperidine rings is 1. The van der Waals surface area contributed by atoms with Gasteiger partial charge in [-0.25, -0.2) is 9.78 Å². The lowest BCUT2D eigenvalue weighted by Gasteiger charge is -2.25. The van der Waals surface area contributed by atoms with E-state index in [2.05, 4.69) is 15.3 Å². The highest BCUT2D eigenvalue weighted by atomic mass is 35.5. The number of hydrogen-bond acceptors (Lipinski definition) is 7. The number of anilines is 1. The Bertz CT molecular complexity index is 535. The van der Waals surface area contributed by atoms with Gasteiger partial charge in [0.2, 0.25) is 11.1 Å². The molecule has 1 amide bonds. The minimum atomic E-state index is -0.648. The van der Waals surface area contributed by atoms with Gasteiger partial charge in [-0.1, -0.05) is 0 Å². The van der Waals surface area contributed by atoms with Crippen molar-refractivity contribution in [3.63, 3.8) is 0 Å². The van der Waals surface area contributed by atoms with Crippen LogP contribution in [0.1, 0.15) is 19.3 Å². The van der Waals surface area contributed by atoms with Crippen molar-refractivity contribution in [2.75, 3.05) is 25.1 Å². The Labute approximate surface area is 125 Å². The van der Waals surface area contributed by atoms with Gasteiger partial charge in [-0.05, 0) is 30.9 Å². The lowest BCUT2D eigenvalue weighted by atomic mass is 10.1. The molecule has 0 radical (unpaired) electrons. The minimum absolute atomic E-state index is 0.0913. The third-order valence-electron chi connectivity index (χ3n) is 2.99. The average molecular weight is 316 g/mol. The zero-order valence-electron chi connectivity index (χ0n) is 11.1. The van der Waals surface area contributed by atoms with Crippen LogP contribution in [-0.2, 0) is 4.74 Å². The fraction of sp³-hybridized carbons (Fsp3) is 0.545. The number of rotatable bonds is 4. The van der Waals surface area contributed by atoms with Gasteiger partial charge in [-0.15, -0.1) is 0 Å². The second kappa shape index (κ2) is 7.02. The first-order chi connectivity index (χ1) is 10.1. The van der Waals surface area contributed by atoms with Crippen molar-refractivity contribution < 1.29 is 14.5 Å². The molecule has 0 atom stereocenters. The Morgan fingerprint density at radius 3 is 2.86 bits per heavy atom. The summed E-state index contributed by atoms with van der Waals surface area (Å²) in [5, 5.41) is 13.2. The molecule has 1 aromatic rings. The van der Waals surface area contributed by atoms with Crippen molar-refractivity contribution in [1.82, 2.24) is 14.9 Å². The van der Waals surface area contributed by atoms with E-state index in [4.69, 9.17) is 16.3 Å². The van der Waals surface area contributed by atoms with Crippen molar-refractivity contribution >= 4 is 29.2 Å².